The zero-order valence-corrected chi connectivity index (χ0v) is 18.8. The van der Waals surface area contributed by atoms with Crippen LogP contribution >= 0.6 is 0 Å². The quantitative estimate of drug-likeness (QED) is 0.267. The summed E-state index contributed by atoms with van der Waals surface area (Å²) in [6, 6.07) is 37.9. The van der Waals surface area contributed by atoms with Crippen molar-refractivity contribution in [3.8, 4) is 44.5 Å². The fourth-order valence-electron chi connectivity index (χ4n) is 5.15. The fourth-order valence-corrected chi connectivity index (χ4v) is 5.15. The third-order valence-corrected chi connectivity index (χ3v) is 6.81. The lowest BCUT2D eigenvalue weighted by atomic mass is 9.85. The van der Waals surface area contributed by atoms with Crippen molar-refractivity contribution in [3.05, 3.63) is 109 Å². The average Bonchev–Trinajstić information content (AvgIpc) is 3.14. The van der Waals surface area contributed by atoms with Gasteiger partial charge >= 0.3 is 0 Å². The summed E-state index contributed by atoms with van der Waals surface area (Å²) in [5.41, 5.74) is 12.1. The molecule has 0 saturated carbocycles. The fraction of sp³-hybridized carbons (Fsp3) is 0.125. The Morgan fingerprint density at radius 2 is 1.03 bits per heavy atom. The molecule has 1 aliphatic rings. The van der Waals surface area contributed by atoms with Gasteiger partial charge in [0.25, 0.3) is 0 Å². The lowest BCUT2D eigenvalue weighted by Gasteiger charge is -2.20. The highest BCUT2D eigenvalue weighted by Crippen LogP contribution is 2.50. The van der Waals surface area contributed by atoms with Gasteiger partial charge in [0.05, 0.1) is 0 Å². The topological polar surface area (TPSA) is 0 Å². The highest BCUT2D eigenvalue weighted by molar-refractivity contribution is 6.19. The number of fused-ring (bicyclic) bond motifs is 3. The maximum Gasteiger partial charge on any atom is -0.00201 e. The van der Waals surface area contributed by atoms with E-state index in [2.05, 4.69) is 124 Å². The van der Waals surface area contributed by atoms with Crippen molar-refractivity contribution in [2.45, 2.75) is 26.2 Å². The summed E-state index contributed by atoms with van der Waals surface area (Å²) in [5.74, 6) is 0. The Morgan fingerprint density at radius 1 is 0.438 bits per heavy atom. The molecule has 0 radical (unpaired) electrons. The van der Waals surface area contributed by atoms with E-state index in [1.54, 1.807) is 0 Å². The van der Waals surface area contributed by atoms with Crippen LogP contribution in [-0.2, 0) is 5.41 Å². The molecule has 0 atom stereocenters. The van der Waals surface area contributed by atoms with Gasteiger partial charge in [-0.2, -0.15) is 0 Å². The summed E-state index contributed by atoms with van der Waals surface area (Å²) in [6.45, 7) is 6.86. The first-order chi connectivity index (χ1) is 15.5. The predicted octanol–water partition coefficient (Wildman–Crippen LogP) is 9.12. The number of hydrogen-bond donors (Lipinski definition) is 0. The van der Waals surface area contributed by atoms with Gasteiger partial charge in [0.1, 0.15) is 0 Å². The third-order valence-electron chi connectivity index (χ3n) is 6.81. The molecule has 0 bridgehead atoms. The molecule has 0 aliphatic heterocycles. The summed E-state index contributed by atoms with van der Waals surface area (Å²) < 4.78 is 0. The first-order valence-electron chi connectivity index (χ1n) is 11.4. The lowest BCUT2D eigenvalue weighted by Crippen LogP contribution is -2.10. The molecule has 0 heterocycles. The summed E-state index contributed by atoms with van der Waals surface area (Å²) in [5, 5.41) is 2.71. The van der Waals surface area contributed by atoms with E-state index in [1.807, 2.05) is 0 Å². The molecule has 0 unspecified atom stereocenters. The Hall–Kier alpha value is -3.64. The predicted molar refractivity (Wildman–Crippen MR) is 138 cm³/mol. The third kappa shape index (κ3) is 2.83. The van der Waals surface area contributed by atoms with Gasteiger partial charge in [-0.1, -0.05) is 118 Å². The lowest BCUT2D eigenvalue weighted by molar-refractivity contribution is 0.590. The van der Waals surface area contributed by atoms with Gasteiger partial charge in [-0.05, 0) is 72.3 Å². The van der Waals surface area contributed by atoms with Crippen LogP contribution in [0.15, 0.2) is 103 Å². The smallest absolute Gasteiger partial charge is 0.00201 e. The Labute approximate surface area is 190 Å². The molecule has 0 amide bonds. The maximum absolute atomic E-state index is 2.40. The second-order valence-electron chi connectivity index (χ2n) is 9.81. The van der Waals surface area contributed by atoms with Gasteiger partial charge in [-0.15, -0.1) is 0 Å². The molecule has 0 heteroatoms. The van der Waals surface area contributed by atoms with Crippen LogP contribution in [0.1, 0.15) is 26.3 Å². The van der Waals surface area contributed by atoms with E-state index in [-0.39, 0.29) is 5.41 Å². The molecule has 0 spiro atoms. The monoisotopic (exact) mass is 410 g/mol. The van der Waals surface area contributed by atoms with Crippen molar-refractivity contribution in [2.75, 3.05) is 0 Å². The first kappa shape index (κ1) is 19.1. The molecule has 0 aromatic heterocycles. The second-order valence-corrected chi connectivity index (χ2v) is 9.81. The van der Waals surface area contributed by atoms with Crippen molar-refractivity contribution < 1.29 is 0 Å². The Balaban J connectivity index is 1.61. The molecule has 5 aromatic rings. The molecule has 0 saturated heterocycles. The van der Waals surface area contributed by atoms with E-state index >= 15 is 0 Å². The SMILES string of the molecule is CC(C)(C)c1ccc2c(c1)-c1cccc3c(-c4ccccc4-c4ccccc4)ccc-2c13. The number of benzene rings is 5. The van der Waals surface area contributed by atoms with Crippen molar-refractivity contribution in [3.63, 3.8) is 0 Å². The highest BCUT2D eigenvalue weighted by Gasteiger charge is 2.25. The minimum Gasteiger partial charge on any atom is -0.0622 e. The highest BCUT2D eigenvalue weighted by atomic mass is 14.3. The number of hydrogen-bond acceptors (Lipinski definition) is 0. The molecule has 6 rings (SSSR count). The van der Waals surface area contributed by atoms with Crippen LogP contribution < -0.4 is 0 Å². The molecular weight excluding hydrogens is 384 g/mol. The van der Waals surface area contributed by atoms with Crippen molar-refractivity contribution in [1.29, 1.82) is 0 Å². The van der Waals surface area contributed by atoms with E-state index in [1.165, 1.54) is 60.8 Å². The molecule has 0 N–H and O–H groups in total. The molecule has 0 fully saturated rings. The van der Waals surface area contributed by atoms with E-state index in [0.717, 1.165) is 0 Å². The Kier molecular flexibility index (Phi) is 4.13. The van der Waals surface area contributed by atoms with Crippen LogP contribution in [0.2, 0.25) is 0 Å². The van der Waals surface area contributed by atoms with Crippen LogP contribution in [-0.4, -0.2) is 0 Å². The van der Waals surface area contributed by atoms with Gasteiger partial charge in [-0.3, -0.25) is 0 Å². The molecule has 0 nitrogen and oxygen atoms in total. The Morgan fingerprint density at radius 3 is 1.81 bits per heavy atom. The zero-order chi connectivity index (χ0) is 21.9. The van der Waals surface area contributed by atoms with Crippen LogP contribution in [0.5, 0.6) is 0 Å². The number of rotatable bonds is 2. The van der Waals surface area contributed by atoms with Crippen LogP contribution in [0, 0.1) is 0 Å². The van der Waals surface area contributed by atoms with Crippen molar-refractivity contribution >= 4 is 10.8 Å². The minimum atomic E-state index is 0.136. The van der Waals surface area contributed by atoms with Gasteiger partial charge in [-0.25, -0.2) is 0 Å². The van der Waals surface area contributed by atoms with Crippen LogP contribution in [0.4, 0.5) is 0 Å². The minimum absolute atomic E-state index is 0.136. The van der Waals surface area contributed by atoms with Crippen molar-refractivity contribution in [1.82, 2.24) is 0 Å². The molecule has 154 valence electrons. The normalized spacial score (nSPS) is 12.2. The van der Waals surface area contributed by atoms with E-state index < -0.39 is 0 Å². The van der Waals surface area contributed by atoms with Gasteiger partial charge < -0.3 is 0 Å². The van der Waals surface area contributed by atoms with Gasteiger partial charge in [0.2, 0.25) is 0 Å². The Bertz CT molecular complexity index is 1480. The summed E-state index contributed by atoms with van der Waals surface area (Å²) in [7, 11) is 0. The van der Waals surface area contributed by atoms with Gasteiger partial charge in [0.15, 0.2) is 0 Å². The van der Waals surface area contributed by atoms with Gasteiger partial charge in [0, 0.05) is 0 Å². The largest absolute Gasteiger partial charge is 0.0622 e. The van der Waals surface area contributed by atoms with Crippen molar-refractivity contribution in [2.24, 2.45) is 0 Å². The zero-order valence-electron chi connectivity index (χ0n) is 18.8. The van der Waals surface area contributed by atoms with Crippen LogP contribution in [0.3, 0.4) is 0 Å². The molecule has 5 aromatic carbocycles. The summed E-state index contributed by atoms with van der Waals surface area (Å²) in [4.78, 5) is 0. The summed E-state index contributed by atoms with van der Waals surface area (Å²) >= 11 is 0. The first-order valence-corrected chi connectivity index (χ1v) is 11.4. The van der Waals surface area contributed by atoms with E-state index in [9.17, 15) is 0 Å². The molecular formula is C32H26. The molecule has 32 heavy (non-hydrogen) atoms. The molecule has 1 aliphatic carbocycles. The van der Waals surface area contributed by atoms with Crippen LogP contribution in [0.25, 0.3) is 55.3 Å². The standard InChI is InChI=1S/C32H26/c1-32(2,3)22-16-17-26-29-19-18-25(27-14-9-15-28(31(27)29)30(26)20-22)24-13-8-7-12-23(24)21-10-5-4-6-11-21/h4-20H,1-3H3. The maximum atomic E-state index is 2.40. The van der Waals surface area contributed by atoms with E-state index in [4.69, 9.17) is 0 Å². The average molecular weight is 411 g/mol. The summed E-state index contributed by atoms with van der Waals surface area (Å²) in [6.07, 6.45) is 0. The van der Waals surface area contributed by atoms with E-state index in [0.29, 0.717) is 0 Å². The second kappa shape index (κ2) is 6.93.